The fourth-order valence-corrected chi connectivity index (χ4v) is 2.96. The molecule has 0 aliphatic heterocycles. The van der Waals surface area contributed by atoms with Gasteiger partial charge in [0.25, 0.3) is 0 Å². The van der Waals surface area contributed by atoms with Crippen molar-refractivity contribution in [2.75, 3.05) is 6.54 Å². The van der Waals surface area contributed by atoms with Crippen molar-refractivity contribution in [3.05, 3.63) is 45.5 Å². The molecule has 19 heavy (non-hydrogen) atoms. The van der Waals surface area contributed by atoms with Crippen LogP contribution in [0.4, 0.5) is 0 Å². The first-order chi connectivity index (χ1) is 9.08. The van der Waals surface area contributed by atoms with Crippen LogP contribution in [-0.4, -0.2) is 17.3 Å². The lowest BCUT2D eigenvalue weighted by Crippen LogP contribution is -2.30. The molecular formula is C15H19NO3. The summed E-state index contributed by atoms with van der Waals surface area (Å²) in [6.07, 6.45) is 3.28. The van der Waals surface area contributed by atoms with Crippen LogP contribution in [0, 0.1) is 23.0 Å². The molecule has 0 unspecified atom stereocenters. The standard InChI is InChI=1S/C15H19NO3/c1-11-5-4-6-12(9-11)14(10-16(18)19)13-7-2-3-8-15(13)17/h4-6,9,13-14H,2-3,7-8,10H2,1H3/t13-,14-/m1/s1. The molecule has 1 saturated carbocycles. The van der Waals surface area contributed by atoms with Crippen molar-refractivity contribution in [3.63, 3.8) is 0 Å². The summed E-state index contributed by atoms with van der Waals surface area (Å²) in [4.78, 5) is 22.7. The Bertz CT molecular complexity index is 484. The maximum atomic E-state index is 12.1. The van der Waals surface area contributed by atoms with E-state index in [4.69, 9.17) is 0 Å². The largest absolute Gasteiger partial charge is 0.299 e. The number of benzene rings is 1. The first-order valence-electron chi connectivity index (χ1n) is 6.79. The predicted octanol–water partition coefficient (Wildman–Crippen LogP) is 3.11. The molecule has 1 aromatic rings. The Morgan fingerprint density at radius 3 is 2.84 bits per heavy atom. The highest BCUT2D eigenvalue weighted by molar-refractivity contribution is 5.82. The first-order valence-corrected chi connectivity index (χ1v) is 6.79. The maximum absolute atomic E-state index is 12.1. The van der Waals surface area contributed by atoms with Crippen molar-refractivity contribution in [3.8, 4) is 0 Å². The van der Waals surface area contributed by atoms with Gasteiger partial charge in [-0.25, -0.2) is 0 Å². The lowest BCUT2D eigenvalue weighted by Gasteiger charge is -2.27. The summed E-state index contributed by atoms with van der Waals surface area (Å²) in [5, 5.41) is 10.9. The van der Waals surface area contributed by atoms with E-state index in [1.54, 1.807) is 0 Å². The van der Waals surface area contributed by atoms with Gasteiger partial charge in [-0.15, -0.1) is 0 Å². The molecule has 1 aliphatic carbocycles. The highest BCUT2D eigenvalue weighted by Gasteiger charge is 2.34. The summed E-state index contributed by atoms with van der Waals surface area (Å²) in [5.74, 6) is -0.261. The Balaban J connectivity index is 2.29. The molecular weight excluding hydrogens is 242 g/mol. The second-order valence-electron chi connectivity index (χ2n) is 5.35. The van der Waals surface area contributed by atoms with Gasteiger partial charge in [-0.3, -0.25) is 14.9 Å². The number of ketones is 1. The van der Waals surface area contributed by atoms with Gasteiger partial charge in [0.05, 0.1) is 5.92 Å². The number of carbonyl (C=O) groups excluding carboxylic acids is 1. The lowest BCUT2D eigenvalue weighted by molar-refractivity contribution is -0.484. The minimum absolute atomic E-state index is 0.153. The van der Waals surface area contributed by atoms with Crippen molar-refractivity contribution in [1.29, 1.82) is 0 Å². The van der Waals surface area contributed by atoms with Gasteiger partial charge < -0.3 is 0 Å². The van der Waals surface area contributed by atoms with Crippen molar-refractivity contribution in [2.24, 2.45) is 5.92 Å². The summed E-state index contributed by atoms with van der Waals surface area (Å²) in [5.41, 5.74) is 2.01. The Kier molecular flexibility index (Phi) is 4.30. The van der Waals surface area contributed by atoms with Crippen LogP contribution >= 0.6 is 0 Å². The number of rotatable bonds is 4. The Morgan fingerprint density at radius 1 is 1.42 bits per heavy atom. The van der Waals surface area contributed by atoms with E-state index in [1.165, 1.54) is 0 Å². The molecule has 0 heterocycles. The van der Waals surface area contributed by atoms with Gasteiger partial charge in [0.2, 0.25) is 6.54 Å². The van der Waals surface area contributed by atoms with Crippen LogP contribution in [0.1, 0.15) is 42.7 Å². The fourth-order valence-electron chi connectivity index (χ4n) is 2.96. The van der Waals surface area contributed by atoms with Crippen molar-refractivity contribution >= 4 is 5.78 Å². The molecule has 0 N–H and O–H groups in total. The molecule has 2 atom stereocenters. The molecule has 0 radical (unpaired) electrons. The normalized spacial score (nSPS) is 21.1. The van der Waals surface area contributed by atoms with E-state index in [1.807, 2.05) is 31.2 Å². The number of Topliss-reactive ketones (excluding diaryl/α,β-unsaturated/α-hetero) is 1. The number of aryl methyl sites for hydroxylation is 1. The molecule has 0 spiro atoms. The smallest absolute Gasteiger partial charge is 0.211 e. The van der Waals surface area contributed by atoms with Crippen LogP contribution < -0.4 is 0 Å². The van der Waals surface area contributed by atoms with Crippen molar-refractivity contribution in [1.82, 2.24) is 0 Å². The predicted molar refractivity (Wildman–Crippen MR) is 72.7 cm³/mol. The summed E-state index contributed by atoms with van der Waals surface area (Å²) in [7, 11) is 0. The van der Waals surface area contributed by atoms with Gasteiger partial charge in [-0.1, -0.05) is 36.2 Å². The van der Waals surface area contributed by atoms with Crippen molar-refractivity contribution < 1.29 is 9.72 Å². The topological polar surface area (TPSA) is 60.2 Å². The van der Waals surface area contributed by atoms with E-state index in [9.17, 15) is 14.9 Å². The SMILES string of the molecule is Cc1cccc([C@@H](C[N+](=O)[O-])[C@H]2CCCCC2=O)c1. The second kappa shape index (κ2) is 5.95. The third kappa shape index (κ3) is 3.40. The molecule has 0 saturated heterocycles. The molecule has 2 rings (SSSR count). The van der Waals surface area contributed by atoms with Gasteiger partial charge in [-0.2, -0.15) is 0 Å². The number of hydrogen-bond donors (Lipinski definition) is 0. The van der Waals surface area contributed by atoms with Crippen LogP contribution in [-0.2, 0) is 4.79 Å². The van der Waals surface area contributed by atoms with Crippen LogP contribution in [0.25, 0.3) is 0 Å². The van der Waals surface area contributed by atoms with E-state index >= 15 is 0 Å². The average Bonchev–Trinajstić information content (AvgIpc) is 2.37. The quantitative estimate of drug-likeness (QED) is 0.618. The van der Waals surface area contributed by atoms with Crippen LogP contribution in [0.2, 0.25) is 0 Å². The molecule has 1 aliphatic rings. The molecule has 1 aromatic carbocycles. The molecule has 4 nitrogen and oxygen atoms in total. The molecule has 4 heteroatoms. The molecule has 1 fully saturated rings. The summed E-state index contributed by atoms with van der Waals surface area (Å²) in [6, 6.07) is 7.75. The summed E-state index contributed by atoms with van der Waals surface area (Å²) < 4.78 is 0. The Morgan fingerprint density at radius 2 is 2.21 bits per heavy atom. The van der Waals surface area contributed by atoms with E-state index in [0.717, 1.165) is 30.4 Å². The second-order valence-corrected chi connectivity index (χ2v) is 5.35. The molecule has 102 valence electrons. The minimum atomic E-state index is -0.297. The lowest BCUT2D eigenvalue weighted by atomic mass is 9.76. The zero-order chi connectivity index (χ0) is 13.8. The number of hydrogen-bond acceptors (Lipinski definition) is 3. The fraction of sp³-hybridized carbons (Fsp3) is 0.533. The van der Waals surface area contributed by atoms with Crippen LogP contribution in [0.5, 0.6) is 0 Å². The van der Waals surface area contributed by atoms with E-state index < -0.39 is 0 Å². The minimum Gasteiger partial charge on any atom is -0.299 e. The Labute approximate surface area is 113 Å². The first kappa shape index (κ1) is 13.7. The highest BCUT2D eigenvalue weighted by atomic mass is 16.6. The average molecular weight is 261 g/mol. The van der Waals surface area contributed by atoms with E-state index in [0.29, 0.717) is 6.42 Å². The number of nitrogens with zero attached hydrogens (tertiary/aromatic N) is 1. The van der Waals surface area contributed by atoms with Gasteiger partial charge in [0, 0.05) is 17.3 Å². The molecule has 0 aromatic heterocycles. The summed E-state index contributed by atoms with van der Waals surface area (Å²) in [6.45, 7) is 1.81. The third-order valence-corrected chi connectivity index (χ3v) is 3.90. The van der Waals surface area contributed by atoms with Gasteiger partial charge in [0.1, 0.15) is 5.78 Å². The highest BCUT2D eigenvalue weighted by Crippen LogP contribution is 2.34. The maximum Gasteiger partial charge on any atom is 0.211 e. The number of nitro groups is 1. The van der Waals surface area contributed by atoms with Crippen molar-refractivity contribution in [2.45, 2.75) is 38.5 Å². The summed E-state index contributed by atoms with van der Waals surface area (Å²) >= 11 is 0. The zero-order valence-electron chi connectivity index (χ0n) is 11.2. The van der Waals surface area contributed by atoms with E-state index in [2.05, 4.69) is 0 Å². The molecule has 0 amide bonds. The van der Waals surface area contributed by atoms with E-state index in [-0.39, 0.29) is 29.1 Å². The zero-order valence-corrected chi connectivity index (χ0v) is 11.2. The third-order valence-electron chi connectivity index (χ3n) is 3.90. The van der Waals surface area contributed by atoms with Gasteiger partial charge >= 0.3 is 0 Å². The van der Waals surface area contributed by atoms with Gasteiger partial charge in [0.15, 0.2) is 0 Å². The molecule has 0 bridgehead atoms. The monoisotopic (exact) mass is 261 g/mol. The van der Waals surface area contributed by atoms with Crippen LogP contribution in [0.3, 0.4) is 0 Å². The number of carbonyl (C=O) groups is 1. The Hall–Kier alpha value is -1.71. The van der Waals surface area contributed by atoms with Gasteiger partial charge in [-0.05, 0) is 25.3 Å². The van der Waals surface area contributed by atoms with Crippen LogP contribution in [0.15, 0.2) is 24.3 Å².